The highest BCUT2D eigenvalue weighted by Gasteiger charge is 2.24. The third-order valence-electron chi connectivity index (χ3n) is 2.64. The van der Waals surface area contributed by atoms with E-state index in [0.717, 1.165) is 6.07 Å². The Hall–Kier alpha value is -2.90. The number of carbonyl (C=O) groups is 4. The summed E-state index contributed by atoms with van der Waals surface area (Å²) < 4.78 is 0. The molecule has 1 aromatic rings. The average Bonchev–Trinajstić information content (AvgIpc) is 2.30. The Kier molecular flexibility index (Phi) is 4.64. The molecule has 0 spiro atoms. The highest BCUT2D eigenvalue weighted by atomic mass is 16.4. The summed E-state index contributed by atoms with van der Waals surface area (Å²) in [6.45, 7) is 3.66. The second-order valence-corrected chi connectivity index (χ2v) is 4.32. The van der Waals surface area contributed by atoms with Crippen LogP contribution in [0.5, 0.6) is 0 Å². The maximum atomic E-state index is 11.4. The third kappa shape index (κ3) is 3.56. The zero-order valence-corrected chi connectivity index (χ0v) is 11.6. The van der Waals surface area contributed by atoms with Crippen LogP contribution in [0.25, 0.3) is 0 Å². The lowest BCUT2D eigenvalue weighted by atomic mass is 9.98. The van der Waals surface area contributed by atoms with E-state index < -0.39 is 23.8 Å². The Balaban J connectivity index is 3.73. The van der Waals surface area contributed by atoms with Crippen LogP contribution in [0.3, 0.4) is 0 Å². The van der Waals surface area contributed by atoms with Crippen LogP contribution in [-0.4, -0.2) is 34.0 Å². The molecule has 0 saturated carbocycles. The fourth-order valence-corrected chi connectivity index (χ4v) is 1.87. The predicted octanol–water partition coefficient (Wildman–Crippen LogP) is 1.31. The van der Waals surface area contributed by atoms with Crippen LogP contribution in [0, 0.1) is 6.92 Å². The summed E-state index contributed by atoms with van der Waals surface area (Å²) in [5.41, 5.74) is -0.905. The van der Waals surface area contributed by atoms with E-state index >= 15 is 0 Å². The molecule has 0 atom stereocenters. The van der Waals surface area contributed by atoms with E-state index in [1.807, 2.05) is 0 Å². The number of benzene rings is 1. The molecule has 8 nitrogen and oxygen atoms in total. The fraction of sp³-hybridized carbons (Fsp3) is 0.231. The van der Waals surface area contributed by atoms with Crippen LogP contribution in [-0.2, 0) is 9.59 Å². The number of carbonyl (C=O) groups excluding carboxylic acids is 2. The van der Waals surface area contributed by atoms with Crippen molar-refractivity contribution in [3.05, 3.63) is 22.8 Å². The SMILES string of the molecule is CC(=O)Nc1cc(C(=O)O)c(C)c(C(=O)O)c1NC(C)=O. The molecule has 0 aliphatic rings. The molecule has 0 heterocycles. The second-order valence-electron chi connectivity index (χ2n) is 4.32. The Morgan fingerprint density at radius 1 is 0.952 bits per heavy atom. The van der Waals surface area contributed by atoms with E-state index in [0.29, 0.717) is 0 Å². The highest BCUT2D eigenvalue weighted by Crippen LogP contribution is 2.32. The van der Waals surface area contributed by atoms with Crippen LogP contribution in [0.2, 0.25) is 0 Å². The monoisotopic (exact) mass is 294 g/mol. The van der Waals surface area contributed by atoms with Crippen LogP contribution < -0.4 is 10.6 Å². The summed E-state index contributed by atoms with van der Waals surface area (Å²) in [5, 5.41) is 23.0. The Labute approximate surface area is 119 Å². The van der Waals surface area contributed by atoms with Gasteiger partial charge >= 0.3 is 11.9 Å². The normalized spacial score (nSPS) is 9.86. The van der Waals surface area contributed by atoms with E-state index in [1.165, 1.54) is 20.8 Å². The molecule has 8 heteroatoms. The van der Waals surface area contributed by atoms with Crippen LogP contribution in [0.1, 0.15) is 40.1 Å². The van der Waals surface area contributed by atoms with Crippen molar-refractivity contribution in [1.29, 1.82) is 0 Å². The van der Waals surface area contributed by atoms with Gasteiger partial charge in [-0.25, -0.2) is 9.59 Å². The summed E-state index contributed by atoms with van der Waals surface area (Å²) in [6.07, 6.45) is 0. The van der Waals surface area contributed by atoms with E-state index in [2.05, 4.69) is 10.6 Å². The molecule has 1 aromatic carbocycles. The minimum absolute atomic E-state index is 0.0205. The number of hydrogen-bond donors (Lipinski definition) is 4. The first-order valence-corrected chi connectivity index (χ1v) is 5.84. The molecule has 0 fully saturated rings. The van der Waals surface area contributed by atoms with Gasteiger partial charge in [-0.15, -0.1) is 0 Å². The van der Waals surface area contributed by atoms with Gasteiger partial charge in [0.2, 0.25) is 11.8 Å². The van der Waals surface area contributed by atoms with Gasteiger partial charge in [-0.1, -0.05) is 0 Å². The van der Waals surface area contributed by atoms with Crippen molar-refractivity contribution in [3.8, 4) is 0 Å². The number of anilines is 2. The Morgan fingerprint density at radius 2 is 1.48 bits per heavy atom. The number of nitrogens with one attached hydrogen (secondary N) is 2. The molecule has 0 aliphatic heterocycles. The number of hydrogen-bond acceptors (Lipinski definition) is 4. The van der Waals surface area contributed by atoms with Crippen molar-refractivity contribution in [3.63, 3.8) is 0 Å². The van der Waals surface area contributed by atoms with Crippen LogP contribution in [0.4, 0.5) is 11.4 Å². The Bertz CT molecular complexity index is 651. The van der Waals surface area contributed by atoms with Gasteiger partial charge in [-0.3, -0.25) is 9.59 Å². The van der Waals surface area contributed by atoms with E-state index in [9.17, 15) is 24.3 Å². The number of rotatable bonds is 4. The predicted molar refractivity (Wildman–Crippen MR) is 73.7 cm³/mol. The molecule has 0 unspecified atom stereocenters. The molecule has 1 rings (SSSR count). The fourth-order valence-electron chi connectivity index (χ4n) is 1.87. The van der Waals surface area contributed by atoms with Gasteiger partial charge in [0.15, 0.2) is 0 Å². The Morgan fingerprint density at radius 3 is 1.86 bits per heavy atom. The van der Waals surface area contributed by atoms with Crippen molar-refractivity contribution in [2.75, 3.05) is 10.6 Å². The minimum atomic E-state index is -1.41. The van der Waals surface area contributed by atoms with Gasteiger partial charge in [-0.05, 0) is 18.6 Å². The lowest BCUT2D eigenvalue weighted by molar-refractivity contribution is -0.115. The van der Waals surface area contributed by atoms with Crippen LogP contribution in [0.15, 0.2) is 6.07 Å². The molecular formula is C13H14N2O6. The van der Waals surface area contributed by atoms with Gasteiger partial charge in [0.1, 0.15) is 0 Å². The molecule has 4 N–H and O–H groups in total. The largest absolute Gasteiger partial charge is 0.478 e. The summed E-state index contributed by atoms with van der Waals surface area (Å²) in [5.74, 6) is -3.83. The second kappa shape index (κ2) is 6.04. The van der Waals surface area contributed by atoms with Crippen molar-refractivity contribution < 1.29 is 29.4 Å². The maximum Gasteiger partial charge on any atom is 0.338 e. The molecule has 2 amide bonds. The molecule has 21 heavy (non-hydrogen) atoms. The van der Waals surface area contributed by atoms with Crippen molar-refractivity contribution in [2.45, 2.75) is 20.8 Å². The quantitative estimate of drug-likeness (QED) is 0.661. The first-order chi connectivity index (χ1) is 9.65. The summed E-state index contributed by atoms with van der Waals surface area (Å²) in [7, 11) is 0. The van der Waals surface area contributed by atoms with Crippen LogP contribution >= 0.6 is 0 Å². The zero-order valence-electron chi connectivity index (χ0n) is 11.6. The molecule has 0 aliphatic carbocycles. The first-order valence-electron chi connectivity index (χ1n) is 5.84. The van der Waals surface area contributed by atoms with Crippen molar-refractivity contribution >= 4 is 35.1 Å². The molecule has 0 aromatic heterocycles. The standard InChI is InChI=1S/C13H14N2O6/c1-5-8(12(18)19)4-9(14-6(2)16)11(15-7(3)17)10(5)13(20)21/h4H,1-3H3,(H,14,16)(H,15,17)(H,18,19)(H,20,21). The maximum absolute atomic E-state index is 11.4. The molecule has 0 bridgehead atoms. The lowest BCUT2D eigenvalue weighted by Crippen LogP contribution is -2.18. The smallest absolute Gasteiger partial charge is 0.338 e. The number of amides is 2. The average molecular weight is 294 g/mol. The number of carboxylic acid groups (broad SMARTS) is 2. The topological polar surface area (TPSA) is 133 Å². The van der Waals surface area contributed by atoms with Gasteiger partial charge < -0.3 is 20.8 Å². The molecule has 112 valence electrons. The lowest BCUT2D eigenvalue weighted by Gasteiger charge is -2.17. The van der Waals surface area contributed by atoms with E-state index in [-0.39, 0.29) is 28.1 Å². The highest BCUT2D eigenvalue weighted by molar-refractivity contribution is 6.10. The van der Waals surface area contributed by atoms with E-state index in [1.54, 1.807) is 0 Å². The van der Waals surface area contributed by atoms with Gasteiger partial charge in [-0.2, -0.15) is 0 Å². The van der Waals surface area contributed by atoms with Crippen molar-refractivity contribution in [2.24, 2.45) is 0 Å². The van der Waals surface area contributed by atoms with Gasteiger partial charge in [0, 0.05) is 13.8 Å². The molecule has 0 saturated heterocycles. The first kappa shape index (κ1) is 16.2. The number of aromatic carboxylic acids is 2. The van der Waals surface area contributed by atoms with Crippen molar-refractivity contribution in [1.82, 2.24) is 0 Å². The summed E-state index contributed by atoms with van der Waals surface area (Å²) >= 11 is 0. The third-order valence-corrected chi connectivity index (χ3v) is 2.64. The zero-order chi connectivity index (χ0) is 16.3. The van der Waals surface area contributed by atoms with Gasteiger partial charge in [0.05, 0.1) is 22.5 Å². The molecule has 0 radical (unpaired) electrons. The van der Waals surface area contributed by atoms with E-state index in [4.69, 9.17) is 5.11 Å². The van der Waals surface area contributed by atoms with Gasteiger partial charge in [0.25, 0.3) is 0 Å². The molecular weight excluding hydrogens is 280 g/mol. The number of carboxylic acids is 2. The summed E-state index contributed by atoms with van der Waals surface area (Å²) in [6, 6.07) is 1.11. The summed E-state index contributed by atoms with van der Waals surface area (Å²) in [4.78, 5) is 45.0. The minimum Gasteiger partial charge on any atom is -0.478 e.